The maximum absolute atomic E-state index is 12.7. The van der Waals surface area contributed by atoms with E-state index in [-0.39, 0.29) is 10.9 Å². The van der Waals surface area contributed by atoms with Gasteiger partial charge in [-0.15, -0.1) is 29.6 Å². The number of aromatic nitrogens is 4. The first-order chi connectivity index (χ1) is 23.2. The zero-order valence-electron chi connectivity index (χ0n) is 27.5. The molecule has 0 aliphatic rings. The Morgan fingerprint density at radius 1 is 1.06 bits per heavy atom. The van der Waals surface area contributed by atoms with E-state index in [1.165, 1.54) is 64.2 Å². The number of thiazole rings is 1. The number of hydrogen-bond donors (Lipinski definition) is 1. The zero-order valence-corrected chi connectivity index (χ0v) is 29.2. The van der Waals surface area contributed by atoms with Gasteiger partial charge >= 0.3 is 12.5 Å². The van der Waals surface area contributed by atoms with Crippen LogP contribution in [0.2, 0.25) is 0 Å². The standard InChI is InChI=1S/C34H34F3N7O3S2/c1-20(2)27-16-7-21(3)17-28(27)44-22(4)18-49-32(44)40-31(48)39-30(42(5)33(45)46-6)24-10-8-23(9-11-24)29-38-19-43(41-29)25-12-14-26(15-13-25)47-34(35,36)37/h7-20,30H,1-6H3,(H,39,48)/b40-32-. The predicted octanol–water partition coefficient (Wildman–Crippen LogP) is 7.60. The van der Waals surface area contributed by atoms with E-state index in [4.69, 9.17) is 21.9 Å². The summed E-state index contributed by atoms with van der Waals surface area (Å²) < 4.78 is 50.0. The van der Waals surface area contributed by atoms with Crippen LogP contribution >= 0.6 is 23.6 Å². The van der Waals surface area contributed by atoms with Crippen LogP contribution in [-0.2, 0) is 4.74 Å². The highest BCUT2D eigenvalue weighted by atomic mass is 32.1. The fourth-order valence-corrected chi connectivity index (χ4v) is 6.25. The number of halogens is 3. The van der Waals surface area contributed by atoms with Crippen molar-refractivity contribution in [3.05, 3.63) is 106 Å². The summed E-state index contributed by atoms with van der Waals surface area (Å²) in [4.78, 5) is 23.8. The van der Waals surface area contributed by atoms with Gasteiger partial charge in [0.2, 0.25) is 0 Å². The van der Waals surface area contributed by atoms with Gasteiger partial charge in [-0.3, -0.25) is 9.47 Å². The number of amides is 1. The number of nitrogens with one attached hydrogen (secondary N) is 1. The molecule has 0 aliphatic carbocycles. The molecule has 0 bridgehead atoms. The van der Waals surface area contributed by atoms with Crippen LogP contribution < -0.4 is 14.9 Å². The number of thiocarbonyl (C=S) groups is 1. The van der Waals surface area contributed by atoms with Crippen LogP contribution in [0.3, 0.4) is 0 Å². The van der Waals surface area contributed by atoms with E-state index >= 15 is 0 Å². The average Bonchev–Trinajstić information content (AvgIpc) is 3.69. The van der Waals surface area contributed by atoms with Crippen molar-refractivity contribution in [3.8, 4) is 28.5 Å². The summed E-state index contributed by atoms with van der Waals surface area (Å²) >= 11 is 7.19. The number of rotatable bonds is 8. The van der Waals surface area contributed by atoms with Gasteiger partial charge in [-0.2, -0.15) is 4.99 Å². The first kappa shape index (κ1) is 35.3. The first-order valence-corrected chi connectivity index (χ1v) is 16.3. The summed E-state index contributed by atoms with van der Waals surface area (Å²) in [6.45, 7) is 8.38. The van der Waals surface area contributed by atoms with Crippen LogP contribution in [0.25, 0.3) is 22.8 Å². The Morgan fingerprint density at radius 2 is 1.76 bits per heavy atom. The van der Waals surface area contributed by atoms with Gasteiger partial charge in [0.05, 0.1) is 18.5 Å². The number of hydrogen-bond acceptors (Lipinski definition) is 7. The summed E-state index contributed by atoms with van der Waals surface area (Å²) in [5.74, 6) is 0.336. The minimum absolute atomic E-state index is 0.172. The van der Waals surface area contributed by atoms with E-state index in [2.05, 4.69) is 63.7 Å². The Kier molecular flexibility index (Phi) is 10.5. The number of carbonyl (C=O) groups excluding carboxylic acids is 1. The quantitative estimate of drug-likeness (QED) is 0.131. The minimum Gasteiger partial charge on any atom is -0.453 e. The normalized spacial score (nSPS) is 12.6. The number of nitrogens with zero attached hydrogens (tertiary/aromatic N) is 6. The van der Waals surface area contributed by atoms with Crippen molar-refractivity contribution in [2.24, 2.45) is 4.99 Å². The molecule has 0 spiro atoms. The second-order valence-electron chi connectivity index (χ2n) is 11.4. The lowest BCUT2D eigenvalue weighted by molar-refractivity contribution is -0.274. The summed E-state index contributed by atoms with van der Waals surface area (Å²) in [7, 11) is 2.89. The molecule has 1 atom stereocenters. The van der Waals surface area contributed by atoms with E-state index in [1.54, 1.807) is 31.3 Å². The van der Waals surface area contributed by atoms with E-state index in [0.717, 1.165) is 16.9 Å². The lowest BCUT2D eigenvalue weighted by atomic mass is 9.99. The smallest absolute Gasteiger partial charge is 0.453 e. The lowest BCUT2D eigenvalue weighted by Crippen LogP contribution is -2.41. The van der Waals surface area contributed by atoms with Gasteiger partial charge in [-0.05, 0) is 79.0 Å². The van der Waals surface area contributed by atoms with E-state index in [9.17, 15) is 18.0 Å². The number of benzene rings is 3. The molecule has 1 amide bonds. The Morgan fingerprint density at radius 3 is 2.39 bits per heavy atom. The SMILES string of the molecule is COC(=O)N(C)C(NC(=S)/N=c1\scc(C)n1-c1cc(C)ccc1C(C)C)c1ccc(-c2ncn(-c3ccc(OC(F)(F)F)cc3)n2)cc1. The second-order valence-corrected chi connectivity index (χ2v) is 12.7. The molecule has 0 saturated heterocycles. The van der Waals surface area contributed by atoms with E-state index < -0.39 is 18.6 Å². The fourth-order valence-electron chi connectivity index (χ4n) is 5.12. The molecule has 2 heterocycles. The monoisotopic (exact) mass is 709 g/mol. The van der Waals surface area contributed by atoms with Crippen molar-refractivity contribution in [2.75, 3.05) is 14.2 Å². The molecular weight excluding hydrogens is 676 g/mol. The summed E-state index contributed by atoms with van der Waals surface area (Å²) in [6, 6.07) is 18.8. The highest BCUT2D eigenvalue weighted by Crippen LogP contribution is 2.27. The van der Waals surface area contributed by atoms with Crippen molar-refractivity contribution >= 4 is 34.8 Å². The predicted molar refractivity (Wildman–Crippen MR) is 185 cm³/mol. The third-order valence-corrected chi connectivity index (χ3v) is 8.70. The molecule has 49 heavy (non-hydrogen) atoms. The Bertz CT molecular complexity index is 2020. The van der Waals surface area contributed by atoms with Crippen molar-refractivity contribution in [2.45, 2.75) is 46.1 Å². The molecule has 15 heteroatoms. The summed E-state index contributed by atoms with van der Waals surface area (Å²) in [5.41, 5.74) is 6.21. The molecule has 3 aromatic carbocycles. The van der Waals surface area contributed by atoms with Gasteiger partial charge < -0.3 is 14.8 Å². The average molecular weight is 710 g/mol. The maximum atomic E-state index is 12.7. The molecular formula is C34H34F3N7O3S2. The number of ether oxygens (including phenoxy) is 2. The third-order valence-electron chi connectivity index (χ3n) is 7.55. The Labute approximate surface area is 290 Å². The fraction of sp³-hybridized carbons (Fsp3) is 0.265. The van der Waals surface area contributed by atoms with Crippen molar-refractivity contribution < 1.29 is 27.4 Å². The van der Waals surface area contributed by atoms with Crippen LogP contribution in [0, 0.1) is 13.8 Å². The molecule has 0 aliphatic heterocycles. The summed E-state index contributed by atoms with van der Waals surface area (Å²) in [6.07, 6.45) is -4.64. The van der Waals surface area contributed by atoms with Crippen molar-refractivity contribution in [1.82, 2.24) is 29.5 Å². The Balaban J connectivity index is 1.40. The van der Waals surface area contributed by atoms with E-state index in [0.29, 0.717) is 33.4 Å². The molecule has 2 aromatic heterocycles. The van der Waals surface area contributed by atoms with Crippen molar-refractivity contribution in [1.29, 1.82) is 0 Å². The molecule has 256 valence electrons. The van der Waals surface area contributed by atoms with E-state index in [1.807, 2.05) is 12.3 Å². The molecule has 5 rings (SSSR count). The zero-order chi connectivity index (χ0) is 35.5. The number of alkyl halides is 3. The topological polar surface area (TPSA) is 98.8 Å². The van der Waals surface area contributed by atoms with Crippen LogP contribution in [0.4, 0.5) is 18.0 Å². The van der Waals surface area contributed by atoms with Gasteiger partial charge in [0.1, 0.15) is 18.2 Å². The minimum atomic E-state index is -4.78. The largest absolute Gasteiger partial charge is 0.573 e. The maximum Gasteiger partial charge on any atom is 0.573 e. The molecule has 0 radical (unpaired) electrons. The first-order valence-electron chi connectivity index (χ1n) is 15.1. The molecule has 5 aromatic rings. The summed E-state index contributed by atoms with van der Waals surface area (Å²) in [5, 5.41) is 9.87. The highest BCUT2D eigenvalue weighted by Gasteiger charge is 2.31. The van der Waals surface area contributed by atoms with Gasteiger partial charge in [-0.25, -0.2) is 14.5 Å². The van der Waals surface area contributed by atoms with Gasteiger partial charge in [-0.1, -0.05) is 50.2 Å². The molecule has 0 saturated carbocycles. The van der Waals surface area contributed by atoms with Gasteiger partial charge in [0.25, 0.3) is 0 Å². The van der Waals surface area contributed by atoms with Crippen LogP contribution in [-0.4, -0.2) is 56.0 Å². The van der Waals surface area contributed by atoms with Crippen LogP contribution in [0.5, 0.6) is 5.75 Å². The van der Waals surface area contributed by atoms with Gasteiger partial charge in [0.15, 0.2) is 15.7 Å². The third kappa shape index (κ3) is 8.35. The van der Waals surface area contributed by atoms with Gasteiger partial charge in [0, 0.05) is 23.7 Å². The molecule has 1 unspecified atom stereocenters. The Hall–Kier alpha value is -5.02. The second kappa shape index (κ2) is 14.6. The van der Waals surface area contributed by atoms with Crippen LogP contribution in [0.1, 0.15) is 48.3 Å². The lowest BCUT2D eigenvalue weighted by Gasteiger charge is -2.28. The number of methoxy groups -OCH3 is 1. The van der Waals surface area contributed by atoms with Crippen molar-refractivity contribution in [3.63, 3.8) is 0 Å². The number of carbonyl (C=O) groups is 1. The number of aryl methyl sites for hydroxylation is 2. The molecule has 0 fully saturated rings. The highest BCUT2D eigenvalue weighted by molar-refractivity contribution is 7.80. The molecule has 1 N–H and O–H groups in total. The molecule has 10 nitrogen and oxygen atoms in total. The van der Waals surface area contributed by atoms with Crippen LogP contribution in [0.15, 0.2) is 83.4 Å².